The first-order valence-electron chi connectivity index (χ1n) is 7.13. The zero-order valence-corrected chi connectivity index (χ0v) is 8.70. The molecule has 0 aliphatic rings. The topological polar surface area (TPSA) is 118 Å². The highest BCUT2D eigenvalue weighted by Gasteiger charge is 2.58. The monoisotopic (exact) mass is 240 g/mol. The van der Waals surface area contributed by atoms with Crippen LogP contribution in [0.5, 0.6) is 0 Å². The first-order valence-corrected chi connectivity index (χ1v) is 4.30. The molecule has 0 spiro atoms. The molecular weight excluding hydrogens is 216 g/mol. The lowest BCUT2D eigenvalue weighted by Crippen LogP contribution is -2.70. The van der Waals surface area contributed by atoms with Crippen molar-refractivity contribution < 1.29 is 35.8 Å². The third-order valence-electron chi connectivity index (χ3n) is 2.48. The first kappa shape index (κ1) is 9.49. The van der Waals surface area contributed by atoms with Crippen molar-refractivity contribution in [2.24, 2.45) is 0 Å². The highest BCUT2D eigenvalue weighted by Crippen LogP contribution is 2.35. The van der Waals surface area contributed by atoms with Gasteiger partial charge >= 0.3 is 0 Å². The van der Waals surface area contributed by atoms with Crippen LogP contribution in [0.3, 0.4) is 0 Å². The van der Waals surface area contributed by atoms with Gasteiger partial charge in [-0.2, -0.15) is 0 Å². The molecule has 5 N–H and O–H groups in total. The molecule has 0 aliphatic carbocycles. The Hall–Kier alpha value is -0.530. The Morgan fingerprint density at radius 2 is 1.81 bits per heavy atom. The van der Waals surface area contributed by atoms with Gasteiger partial charge in [0.05, 0.1) is 6.10 Å². The SMILES string of the molecule is [2H]CC(O)[C@@H](O)[C@](O)(C[2H])[C@@](O)(C[2H])[C@](O)(C=O)C[2H]. The molecule has 0 aromatic carbocycles. The third-order valence-corrected chi connectivity index (χ3v) is 2.48. The van der Waals surface area contributed by atoms with E-state index in [0.717, 1.165) is 0 Å². The molecule has 16 heavy (non-hydrogen) atoms. The van der Waals surface area contributed by atoms with Crippen LogP contribution in [-0.2, 0) is 4.79 Å². The predicted molar refractivity (Wildman–Crippen MR) is 55.6 cm³/mol. The molecule has 0 aromatic heterocycles. The van der Waals surface area contributed by atoms with Crippen molar-refractivity contribution in [3.05, 3.63) is 0 Å². The molecule has 6 heteroatoms. The number of carbonyl (C=O) groups is 1. The number of hydrogen-bond acceptors (Lipinski definition) is 6. The van der Waals surface area contributed by atoms with Gasteiger partial charge in [0.2, 0.25) is 0 Å². The fourth-order valence-electron chi connectivity index (χ4n) is 1.04. The van der Waals surface area contributed by atoms with E-state index >= 15 is 0 Å². The molecular formula is C10H20O6. The summed E-state index contributed by atoms with van der Waals surface area (Å²) in [4.78, 5) is 10.9. The highest BCUT2D eigenvalue weighted by atomic mass is 16.4. The van der Waals surface area contributed by atoms with Crippen LogP contribution in [-0.4, -0.2) is 60.8 Å². The van der Waals surface area contributed by atoms with Crippen LogP contribution in [0, 0.1) is 0 Å². The fourth-order valence-corrected chi connectivity index (χ4v) is 1.04. The lowest BCUT2D eigenvalue weighted by Gasteiger charge is -2.47. The van der Waals surface area contributed by atoms with Gasteiger partial charge in [-0.15, -0.1) is 0 Å². The molecule has 0 amide bonds. The van der Waals surface area contributed by atoms with Gasteiger partial charge in [0.25, 0.3) is 0 Å². The molecule has 0 rings (SSSR count). The van der Waals surface area contributed by atoms with E-state index in [0.29, 0.717) is 0 Å². The van der Waals surface area contributed by atoms with E-state index in [-0.39, 0.29) is 6.29 Å². The van der Waals surface area contributed by atoms with Crippen LogP contribution in [0.1, 0.15) is 33.1 Å². The van der Waals surface area contributed by atoms with Crippen LogP contribution < -0.4 is 0 Å². The van der Waals surface area contributed by atoms with Crippen molar-refractivity contribution in [3.63, 3.8) is 0 Å². The van der Waals surface area contributed by atoms with E-state index in [9.17, 15) is 30.3 Å². The number of aldehydes is 1. The summed E-state index contributed by atoms with van der Waals surface area (Å²) in [6, 6.07) is 0. The zero-order valence-electron chi connectivity index (χ0n) is 12.7. The average Bonchev–Trinajstić information content (AvgIpc) is 2.50. The van der Waals surface area contributed by atoms with Crippen molar-refractivity contribution in [2.45, 2.75) is 56.6 Å². The number of hydrogen-bond donors (Lipinski definition) is 5. The summed E-state index contributed by atoms with van der Waals surface area (Å²) in [6.07, 6.45) is -4.38. The molecule has 0 bridgehead atoms. The third kappa shape index (κ3) is 2.26. The molecule has 0 aromatic rings. The maximum Gasteiger partial charge on any atom is 0.154 e. The van der Waals surface area contributed by atoms with Gasteiger partial charge in [0.15, 0.2) is 6.29 Å². The number of carbonyl (C=O) groups excluding carboxylic acids is 1. The second-order valence-electron chi connectivity index (χ2n) is 3.84. The molecule has 0 fully saturated rings. The predicted octanol–water partition coefficient (Wildman–Crippen LogP) is -1.82. The summed E-state index contributed by atoms with van der Waals surface area (Å²) in [6.45, 7) is -4.29. The summed E-state index contributed by atoms with van der Waals surface area (Å²) in [5.41, 5.74) is -8.93. The van der Waals surface area contributed by atoms with Gasteiger partial charge in [-0.05, 0) is 27.6 Å². The van der Waals surface area contributed by atoms with E-state index in [2.05, 4.69) is 0 Å². The summed E-state index contributed by atoms with van der Waals surface area (Å²) >= 11 is 0. The Morgan fingerprint density at radius 1 is 1.19 bits per heavy atom. The zero-order chi connectivity index (χ0) is 16.2. The van der Waals surface area contributed by atoms with Crippen molar-refractivity contribution in [1.82, 2.24) is 0 Å². The maximum atomic E-state index is 10.9. The van der Waals surface area contributed by atoms with Gasteiger partial charge < -0.3 is 30.3 Å². The van der Waals surface area contributed by atoms with Crippen molar-refractivity contribution in [3.8, 4) is 0 Å². The Kier molecular flexibility index (Phi) is 2.60. The number of aliphatic hydroxyl groups is 5. The van der Waals surface area contributed by atoms with Crippen LogP contribution in [0.15, 0.2) is 0 Å². The summed E-state index contributed by atoms with van der Waals surface area (Å²) in [7, 11) is 0. The summed E-state index contributed by atoms with van der Waals surface area (Å²) in [5, 5.41) is 49.6. The van der Waals surface area contributed by atoms with Crippen molar-refractivity contribution in [1.29, 1.82) is 0 Å². The normalized spacial score (nSPS) is 30.3. The molecule has 0 saturated heterocycles. The first-order chi connectivity index (χ1) is 9.13. The van der Waals surface area contributed by atoms with Crippen molar-refractivity contribution in [2.75, 3.05) is 0 Å². The second-order valence-corrected chi connectivity index (χ2v) is 3.84. The van der Waals surface area contributed by atoms with Crippen molar-refractivity contribution >= 4 is 6.29 Å². The maximum absolute atomic E-state index is 10.9. The molecule has 96 valence electrons. The minimum Gasteiger partial charge on any atom is -0.391 e. The Morgan fingerprint density at radius 3 is 2.12 bits per heavy atom. The second kappa shape index (κ2) is 4.38. The molecule has 5 atom stereocenters. The lowest BCUT2D eigenvalue weighted by molar-refractivity contribution is -0.255. The van der Waals surface area contributed by atoms with Crippen LogP contribution in [0.4, 0.5) is 0 Å². The van der Waals surface area contributed by atoms with Gasteiger partial charge in [0, 0.05) is 5.48 Å². The van der Waals surface area contributed by atoms with E-state index < -0.39 is 56.6 Å². The van der Waals surface area contributed by atoms with Gasteiger partial charge in [-0.1, -0.05) is 0 Å². The number of rotatable bonds is 5. The number of aliphatic hydroxyl groups excluding tert-OH is 2. The average molecular weight is 240 g/mol. The molecule has 0 heterocycles. The van der Waals surface area contributed by atoms with E-state index in [1.807, 2.05) is 0 Å². The Labute approximate surface area is 99.8 Å². The minimum atomic E-state index is -3.05. The quantitative estimate of drug-likeness (QED) is 0.361. The largest absolute Gasteiger partial charge is 0.391 e. The highest BCUT2D eigenvalue weighted by molar-refractivity contribution is 5.64. The fraction of sp³-hybridized carbons (Fsp3) is 0.900. The van der Waals surface area contributed by atoms with E-state index in [4.69, 9.17) is 5.48 Å². The van der Waals surface area contributed by atoms with Gasteiger partial charge in [-0.3, -0.25) is 0 Å². The molecule has 6 nitrogen and oxygen atoms in total. The standard InChI is InChI=1S/C10H20O6/c1-6(12)7(13)9(3,15)10(4,16)8(2,14)5-11/h5-7,12-16H,1-4H3/t6?,7-,8-,9-,10-/m1/s1/i1D,2D,3D,4D. The van der Waals surface area contributed by atoms with E-state index in [1.54, 1.807) is 0 Å². The summed E-state index contributed by atoms with van der Waals surface area (Å²) < 4.78 is 28.5. The Bertz CT molecular complexity index is 335. The lowest BCUT2D eigenvalue weighted by atomic mass is 9.70. The molecule has 0 aliphatic heterocycles. The molecule has 0 saturated carbocycles. The summed E-state index contributed by atoms with van der Waals surface area (Å²) in [5.74, 6) is 0. The molecule has 1 unspecified atom stereocenters. The van der Waals surface area contributed by atoms with Gasteiger partial charge in [-0.25, -0.2) is 0 Å². The smallest absolute Gasteiger partial charge is 0.154 e. The minimum absolute atomic E-state index is 0.255. The molecule has 0 radical (unpaired) electrons. The van der Waals surface area contributed by atoms with Crippen LogP contribution in [0.2, 0.25) is 0 Å². The van der Waals surface area contributed by atoms with Gasteiger partial charge in [0.1, 0.15) is 22.9 Å². The van der Waals surface area contributed by atoms with E-state index in [1.165, 1.54) is 0 Å². The Balaban J connectivity index is 5.94. The van der Waals surface area contributed by atoms with Crippen LogP contribution >= 0.6 is 0 Å². The van der Waals surface area contributed by atoms with Crippen LogP contribution in [0.25, 0.3) is 0 Å².